The van der Waals surface area contributed by atoms with Gasteiger partial charge in [0.05, 0.1) is 5.56 Å². The molecule has 9 aromatic rings. The van der Waals surface area contributed by atoms with E-state index >= 15 is 0 Å². The SMILES string of the molecule is c1ccc(-c2nc(-c3ccccc3)nc(-c3cccc4c3oc3ccc(-c5ccc(N(c6ccccc6)c6ccccc6)cc5)cc34)n2)cc1. The predicted molar refractivity (Wildman–Crippen MR) is 204 cm³/mol. The van der Waals surface area contributed by atoms with Crippen LogP contribution >= 0.6 is 0 Å². The van der Waals surface area contributed by atoms with Gasteiger partial charge in [0.1, 0.15) is 11.2 Å². The van der Waals surface area contributed by atoms with Crippen molar-refractivity contribution in [2.75, 3.05) is 4.90 Å². The Morgan fingerprint density at radius 1 is 0.360 bits per heavy atom. The topological polar surface area (TPSA) is 55.1 Å². The second-order valence-corrected chi connectivity index (χ2v) is 12.1. The molecule has 0 amide bonds. The highest BCUT2D eigenvalue weighted by Gasteiger charge is 2.18. The lowest BCUT2D eigenvalue weighted by molar-refractivity contribution is 0.669. The van der Waals surface area contributed by atoms with Crippen molar-refractivity contribution in [1.29, 1.82) is 0 Å². The van der Waals surface area contributed by atoms with E-state index in [0.717, 1.165) is 66.8 Å². The van der Waals surface area contributed by atoms with E-state index in [0.29, 0.717) is 17.5 Å². The highest BCUT2D eigenvalue weighted by Crippen LogP contribution is 2.39. The van der Waals surface area contributed by atoms with Gasteiger partial charge in [0.25, 0.3) is 0 Å². The molecule has 0 spiro atoms. The van der Waals surface area contributed by atoms with Crippen molar-refractivity contribution in [2.45, 2.75) is 0 Å². The van der Waals surface area contributed by atoms with Gasteiger partial charge in [0.15, 0.2) is 17.5 Å². The molecule has 5 heteroatoms. The molecule has 236 valence electrons. The number of nitrogens with zero attached hydrogens (tertiary/aromatic N) is 4. The quantitative estimate of drug-likeness (QED) is 0.173. The van der Waals surface area contributed by atoms with E-state index < -0.39 is 0 Å². The Hall–Kier alpha value is -6.85. The zero-order valence-corrected chi connectivity index (χ0v) is 27.0. The van der Waals surface area contributed by atoms with Gasteiger partial charge in [0, 0.05) is 39.0 Å². The predicted octanol–water partition coefficient (Wildman–Crippen LogP) is 11.9. The van der Waals surface area contributed by atoms with Gasteiger partial charge >= 0.3 is 0 Å². The zero-order valence-electron chi connectivity index (χ0n) is 27.0. The number of aromatic nitrogens is 3. The smallest absolute Gasteiger partial charge is 0.167 e. The van der Waals surface area contributed by atoms with E-state index in [4.69, 9.17) is 19.4 Å². The molecule has 2 heterocycles. The summed E-state index contributed by atoms with van der Waals surface area (Å²) in [7, 11) is 0. The minimum Gasteiger partial charge on any atom is -0.455 e. The summed E-state index contributed by atoms with van der Waals surface area (Å²) in [6, 6.07) is 62.2. The number of rotatable bonds is 7. The summed E-state index contributed by atoms with van der Waals surface area (Å²) in [6.07, 6.45) is 0. The molecule has 0 N–H and O–H groups in total. The van der Waals surface area contributed by atoms with Gasteiger partial charge in [-0.1, -0.05) is 127 Å². The molecular formula is C45H30N4O. The fraction of sp³-hybridized carbons (Fsp3) is 0. The first kappa shape index (κ1) is 29.3. The fourth-order valence-electron chi connectivity index (χ4n) is 6.49. The lowest BCUT2D eigenvalue weighted by Crippen LogP contribution is -2.09. The zero-order chi connectivity index (χ0) is 33.3. The average Bonchev–Trinajstić information content (AvgIpc) is 3.58. The van der Waals surface area contributed by atoms with Gasteiger partial charge in [-0.2, -0.15) is 0 Å². The number of fused-ring (bicyclic) bond motifs is 3. The van der Waals surface area contributed by atoms with Gasteiger partial charge in [-0.05, 0) is 65.7 Å². The minimum atomic E-state index is 0.569. The third-order valence-electron chi connectivity index (χ3n) is 8.92. The molecule has 5 nitrogen and oxygen atoms in total. The molecule has 0 unspecified atom stereocenters. The number of furan rings is 1. The van der Waals surface area contributed by atoms with Crippen LogP contribution in [0.1, 0.15) is 0 Å². The van der Waals surface area contributed by atoms with Crippen molar-refractivity contribution in [2.24, 2.45) is 0 Å². The Bertz CT molecular complexity index is 2470. The number of anilines is 3. The van der Waals surface area contributed by atoms with E-state index in [1.807, 2.05) is 84.9 Å². The Morgan fingerprint density at radius 3 is 1.44 bits per heavy atom. The molecule has 7 aromatic carbocycles. The van der Waals surface area contributed by atoms with Crippen LogP contribution in [0.5, 0.6) is 0 Å². The van der Waals surface area contributed by atoms with Crippen molar-refractivity contribution in [3.05, 3.63) is 182 Å². The van der Waals surface area contributed by atoms with E-state index in [2.05, 4.69) is 102 Å². The Morgan fingerprint density at radius 2 is 0.860 bits per heavy atom. The molecule has 0 atom stereocenters. The van der Waals surface area contributed by atoms with E-state index in [1.165, 1.54) is 0 Å². The second kappa shape index (κ2) is 12.6. The van der Waals surface area contributed by atoms with Gasteiger partial charge < -0.3 is 9.32 Å². The molecule has 0 fully saturated rings. The highest BCUT2D eigenvalue weighted by atomic mass is 16.3. The summed E-state index contributed by atoms with van der Waals surface area (Å²) in [4.78, 5) is 17.1. The summed E-state index contributed by atoms with van der Waals surface area (Å²) in [5, 5.41) is 2.05. The van der Waals surface area contributed by atoms with Gasteiger partial charge in [-0.15, -0.1) is 0 Å². The molecule has 0 aliphatic carbocycles. The summed E-state index contributed by atoms with van der Waals surface area (Å²) < 4.78 is 6.56. The largest absolute Gasteiger partial charge is 0.455 e. The first-order chi connectivity index (χ1) is 24.8. The number of hydrogen-bond acceptors (Lipinski definition) is 5. The molecule has 0 saturated heterocycles. The van der Waals surface area contributed by atoms with Crippen LogP contribution in [0.25, 0.3) is 67.2 Å². The molecule has 9 rings (SSSR count). The first-order valence-corrected chi connectivity index (χ1v) is 16.6. The van der Waals surface area contributed by atoms with Crippen molar-refractivity contribution < 1.29 is 4.42 Å². The summed E-state index contributed by atoms with van der Waals surface area (Å²) in [5.41, 5.74) is 9.79. The average molecular weight is 643 g/mol. The van der Waals surface area contributed by atoms with E-state index in [1.54, 1.807) is 0 Å². The van der Waals surface area contributed by atoms with Gasteiger partial charge in [0.2, 0.25) is 0 Å². The molecule has 50 heavy (non-hydrogen) atoms. The first-order valence-electron chi connectivity index (χ1n) is 16.6. The monoisotopic (exact) mass is 642 g/mol. The van der Waals surface area contributed by atoms with Crippen LogP contribution in [-0.2, 0) is 0 Å². The Kier molecular flexibility index (Phi) is 7.41. The summed E-state index contributed by atoms with van der Waals surface area (Å²) in [6.45, 7) is 0. The van der Waals surface area contributed by atoms with Crippen molar-refractivity contribution in [3.8, 4) is 45.3 Å². The maximum absolute atomic E-state index is 6.56. The van der Waals surface area contributed by atoms with E-state index in [9.17, 15) is 0 Å². The van der Waals surface area contributed by atoms with Gasteiger partial charge in [-0.25, -0.2) is 15.0 Å². The van der Waals surface area contributed by atoms with Crippen molar-refractivity contribution in [3.63, 3.8) is 0 Å². The number of para-hydroxylation sites is 3. The van der Waals surface area contributed by atoms with Crippen LogP contribution in [0.4, 0.5) is 17.1 Å². The van der Waals surface area contributed by atoms with Crippen LogP contribution in [0.15, 0.2) is 186 Å². The van der Waals surface area contributed by atoms with Crippen LogP contribution in [-0.4, -0.2) is 15.0 Å². The van der Waals surface area contributed by atoms with Crippen molar-refractivity contribution in [1.82, 2.24) is 15.0 Å². The molecular weight excluding hydrogens is 613 g/mol. The summed E-state index contributed by atoms with van der Waals surface area (Å²) >= 11 is 0. The normalized spacial score (nSPS) is 11.2. The molecule has 0 saturated carbocycles. The number of hydrogen-bond donors (Lipinski definition) is 0. The second-order valence-electron chi connectivity index (χ2n) is 12.1. The molecule has 0 radical (unpaired) electrons. The minimum absolute atomic E-state index is 0.569. The Labute approximate surface area is 289 Å². The molecule has 0 bridgehead atoms. The van der Waals surface area contributed by atoms with Crippen LogP contribution in [0.2, 0.25) is 0 Å². The van der Waals surface area contributed by atoms with Crippen LogP contribution in [0.3, 0.4) is 0 Å². The van der Waals surface area contributed by atoms with Gasteiger partial charge in [-0.3, -0.25) is 0 Å². The maximum atomic E-state index is 6.56. The molecule has 0 aliphatic heterocycles. The molecule has 0 aliphatic rings. The lowest BCUT2D eigenvalue weighted by Gasteiger charge is -2.25. The molecule has 2 aromatic heterocycles. The maximum Gasteiger partial charge on any atom is 0.167 e. The fourth-order valence-corrected chi connectivity index (χ4v) is 6.49. The lowest BCUT2D eigenvalue weighted by atomic mass is 10.0. The third kappa shape index (κ3) is 5.47. The standard InChI is InChI=1S/C45H30N4O/c1-5-14-32(15-6-1)43-46-44(33-16-7-2-8-17-33)48-45(47-43)39-23-13-22-38-40-30-34(26-29-41(40)50-42(38)39)31-24-27-37(28-25-31)49(35-18-9-3-10-19-35)36-20-11-4-12-21-36/h1-30H. The van der Waals surface area contributed by atoms with Crippen LogP contribution in [0, 0.1) is 0 Å². The Balaban J connectivity index is 1.12. The van der Waals surface area contributed by atoms with Crippen molar-refractivity contribution >= 4 is 39.0 Å². The third-order valence-corrected chi connectivity index (χ3v) is 8.92. The number of benzene rings is 7. The summed E-state index contributed by atoms with van der Waals surface area (Å²) in [5.74, 6) is 1.80. The van der Waals surface area contributed by atoms with Crippen LogP contribution < -0.4 is 4.90 Å². The van der Waals surface area contributed by atoms with E-state index in [-0.39, 0.29) is 0 Å². The highest BCUT2D eigenvalue weighted by molar-refractivity contribution is 6.10.